The van der Waals surface area contributed by atoms with Gasteiger partial charge in [0, 0.05) is 63.8 Å². The average Bonchev–Trinajstić information content (AvgIpc) is 3.22. The molecule has 0 aliphatic carbocycles. The second-order valence-electron chi connectivity index (χ2n) is 8.56. The normalized spacial score (nSPS) is 18.4. The Bertz CT molecular complexity index is 912. The lowest BCUT2D eigenvalue weighted by atomic mass is 10.1. The number of piperazine rings is 2. The predicted molar refractivity (Wildman–Crippen MR) is 124 cm³/mol. The number of carbonyl (C=O) groups excluding carboxylic acids is 2. The molecule has 6 nitrogen and oxygen atoms in total. The van der Waals surface area contributed by atoms with Crippen LogP contribution in [0.3, 0.4) is 0 Å². The lowest BCUT2D eigenvalue weighted by Gasteiger charge is -2.38. The maximum absolute atomic E-state index is 12.8. The van der Waals surface area contributed by atoms with Gasteiger partial charge in [-0.2, -0.15) is 0 Å². The van der Waals surface area contributed by atoms with Crippen molar-refractivity contribution in [1.29, 1.82) is 0 Å². The van der Waals surface area contributed by atoms with E-state index in [4.69, 9.17) is 0 Å². The Hall–Kier alpha value is -2.22. The molecule has 2 fully saturated rings. The number of thiophene rings is 1. The summed E-state index contributed by atoms with van der Waals surface area (Å²) in [6.45, 7) is 11.9. The number of hydrogen-bond donors (Lipinski definition) is 0. The zero-order valence-corrected chi connectivity index (χ0v) is 19.4. The minimum Gasteiger partial charge on any atom is -0.339 e. The van der Waals surface area contributed by atoms with Crippen LogP contribution in [0.25, 0.3) is 0 Å². The van der Waals surface area contributed by atoms with Gasteiger partial charge in [-0.05, 0) is 37.1 Å². The maximum atomic E-state index is 12.8. The van der Waals surface area contributed by atoms with Crippen molar-refractivity contribution in [3.8, 4) is 0 Å². The lowest BCUT2D eigenvalue weighted by Crippen LogP contribution is -2.54. The molecule has 2 amide bonds. The number of hydrogen-bond acceptors (Lipinski definition) is 5. The zero-order chi connectivity index (χ0) is 21.8. The molecule has 3 heterocycles. The van der Waals surface area contributed by atoms with Crippen LogP contribution in [0.2, 0.25) is 0 Å². The third-order valence-corrected chi connectivity index (χ3v) is 7.34. The second-order valence-corrected chi connectivity index (χ2v) is 9.85. The van der Waals surface area contributed by atoms with Gasteiger partial charge in [0.25, 0.3) is 5.91 Å². The minimum absolute atomic E-state index is 0.119. The van der Waals surface area contributed by atoms with Crippen LogP contribution in [0.4, 0.5) is 0 Å². The van der Waals surface area contributed by atoms with Gasteiger partial charge in [0.05, 0.1) is 11.4 Å². The molecular formula is C24H32N4O2S. The van der Waals surface area contributed by atoms with Gasteiger partial charge in [0.2, 0.25) is 5.91 Å². The summed E-state index contributed by atoms with van der Waals surface area (Å²) in [5.41, 5.74) is 2.69. The fourth-order valence-electron chi connectivity index (χ4n) is 4.29. The highest BCUT2D eigenvalue weighted by Crippen LogP contribution is 2.18. The van der Waals surface area contributed by atoms with Gasteiger partial charge in [0.15, 0.2) is 0 Å². The molecule has 0 N–H and O–H groups in total. The molecule has 2 aliphatic heterocycles. The molecule has 4 rings (SSSR count). The smallest absolute Gasteiger partial charge is 0.264 e. The van der Waals surface area contributed by atoms with Crippen LogP contribution >= 0.6 is 11.3 Å². The topological polar surface area (TPSA) is 47.1 Å². The van der Waals surface area contributed by atoms with Gasteiger partial charge in [-0.3, -0.25) is 19.4 Å². The number of benzene rings is 1. The van der Waals surface area contributed by atoms with Crippen LogP contribution in [-0.2, 0) is 11.3 Å². The first kappa shape index (κ1) is 22.0. The van der Waals surface area contributed by atoms with E-state index in [-0.39, 0.29) is 11.8 Å². The standard InChI is InChI=1S/C24H32N4O2S/c1-19-5-3-4-6-21(19)17-25-9-13-27(14-10-25)23(29)18-26-11-15-28(16-12-26)24(30)22-8-7-20(2)31-22/h3-8H,9-18H2,1-2H3. The zero-order valence-electron chi connectivity index (χ0n) is 18.5. The van der Waals surface area contributed by atoms with Crippen LogP contribution < -0.4 is 0 Å². The Labute approximate surface area is 189 Å². The molecule has 0 unspecified atom stereocenters. The lowest BCUT2D eigenvalue weighted by molar-refractivity contribution is -0.134. The molecular weight excluding hydrogens is 408 g/mol. The van der Waals surface area contributed by atoms with Crippen LogP contribution in [0.15, 0.2) is 36.4 Å². The van der Waals surface area contributed by atoms with Gasteiger partial charge < -0.3 is 9.80 Å². The highest BCUT2D eigenvalue weighted by Gasteiger charge is 2.27. The molecule has 2 saturated heterocycles. The van der Waals surface area contributed by atoms with E-state index in [2.05, 4.69) is 41.0 Å². The summed E-state index contributed by atoms with van der Waals surface area (Å²) in [7, 11) is 0. The molecule has 31 heavy (non-hydrogen) atoms. The summed E-state index contributed by atoms with van der Waals surface area (Å²) in [6, 6.07) is 12.4. The van der Waals surface area contributed by atoms with Gasteiger partial charge in [-0.1, -0.05) is 24.3 Å². The summed E-state index contributed by atoms with van der Waals surface area (Å²) in [5, 5.41) is 0. The van der Waals surface area contributed by atoms with Crippen LogP contribution in [0.1, 0.15) is 25.7 Å². The Morgan fingerprint density at radius 2 is 1.45 bits per heavy atom. The first-order chi connectivity index (χ1) is 15.0. The molecule has 166 valence electrons. The quantitative estimate of drug-likeness (QED) is 0.717. The van der Waals surface area contributed by atoms with E-state index in [1.54, 1.807) is 11.3 Å². The molecule has 2 aliphatic rings. The van der Waals surface area contributed by atoms with E-state index in [0.717, 1.165) is 55.6 Å². The molecule has 7 heteroatoms. The monoisotopic (exact) mass is 440 g/mol. The van der Waals surface area contributed by atoms with Gasteiger partial charge in [-0.15, -0.1) is 11.3 Å². The van der Waals surface area contributed by atoms with E-state index in [0.29, 0.717) is 19.6 Å². The van der Waals surface area contributed by atoms with Crippen molar-refractivity contribution in [2.75, 3.05) is 58.9 Å². The molecule has 0 radical (unpaired) electrons. The maximum Gasteiger partial charge on any atom is 0.264 e. The van der Waals surface area contributed by atoms with Crippen LogP contribution in [-0.4, -0.2) is 90.3 Å². The number of amides is 2. The number of carbonyl (C=O) groups is 2. The fourth-order valence-corrected chi connectivity index (χ4v) is 5.12. The van der Waals surface area contributed by atoms with Crippen molar-refractivity contribution >= 4 is 23.2 Å². The summed E-state index contributed by atoms with van der Waals surface area (Å²) < 4.78 is 0. The summed E-state index contributed by atoms with van der Waals surface area (Å²) in [6.07, 6.45) is 0. The highest BCUT2D eigenvalue weighted by atomic mass is 32.1. The van der Waals surface area contributed by atoms with E-state index in [1.807, 2.05) is 28.9 Å². The van der Waals surface area contributed by atoms with Crippen molar-refractivity contribution in [3.63, 3.8) is 0 Å². The number of nitrogens with zero attached hydrogens (tertiary/aromatic N) is 4. The third-order valence-electron chi connectivity index (χ3n) is 6.35. The Balaban J connectivity index is 1.19. The van der Waals surface area contributed by atoms with Crippen molar-refractivity contribution in [1.82, 2.24) is 19.6 Å². The number of rotatable bonds is 5. The van der Waals surface area contributed by atoms with E-state index in [9.17, 15) is 9.59 Å². The van der Waals surface area contributed by atoms with Gasteiger partial charge in [0.1, 0.15) is 0 Å². The molecule has 1 aromatic carbocycles. The molecule has 1 aromatic heterocycles. The van der Waals surface area contributed by atoms with Crippen molar-refractivity contribution < 1.29 is 9.59 Å². The minimum atomic E-state index is 0.119. The Kier molecular flexibility index (Phi) is 7.05. The van der Waals surface area contributed by atoms with Crippen LogP contribution in [0.5, 0.6) is 0 Å². The first-order valence-corrected chi connectivity index (χ1v) is 11.9. The number of aryl methyl sites for hydroxylation is 2. The average molecular weight is 441 g/mol. The molecule has 0 spiro atoms. The van der Waals surface area contributed by atoms with E-state index < -0.39 is 0 Å². The second kappa shape index (κ2) is 9.94. The molecule has 2 aromatic rings. The predicted octanol–water partition coefficient (Wildman–Crippen LogP) is 2.47. The van der Waals surface area contributed by atoms with Crippen molar-refractivity contribution in [2.45, 2.75) is 20.4 Å². The Morgan fingerprint density at radius 1 is 0.806 bits per heavy atom. The third kappa shape index (κ3) is 5.53. The van der Waals surface area contributed by atoms with Gasteiger partial charge >= 0.3 is 0 Å². The Morgan fingerprint density at radius 3 is 2.10 bits per heavy atom. The summed E-state index contributed by atoms with van der Waals surface area (Å²) in [5.74, 6) is 0.332. The van der Waals surface area contributed by atoms with Gasteiger partial charge in [-0.25, -0.2) is 0 Å². The molecule has 0 saturated carbocycles. The van der Waals surface area contributed by atoms with Crippen molar-refractivity contribution in [3.05, 3.63) is 57.3 Å². The largest absolute Gasteiger partial charge is 0.339 e. The SMILES string of the molecule is Cc1ccc(C(=O)N2CCN(CC(=O)N3CCN(Cc4ccccc4C)CC3)CC2)s1. The van der Waals surface area contributed by atoms with E-state index in [1.165, 1.54) is 11.1 Å². The summed E-state index contributed by atoms with van der Waals surface area (Å²) >= 11 is 1.55. The fraction of sp³-hybridized carbons (Fsp3) is 0.500. The van der Waals surface area contributed by atoms with Crippen molar-refractivity contribution in [2.24, 2.45) is 0 Å². The van der Waals surface area contributed by atoms with Crippen LogP contribution in [0, 0.1) is 13.8 Å². The summed E-state index contributed by atoms with van der Waals surface area (Å²) in [4.78, 5) is 35.9. The molecule has 0 bridgehead atoms. The first-order valence-electron chi connectivity index (χ1n) is 11.1. The highest BCUT2D eigenvalue weighted by molar-refractivity contribution is 7.13. The molecule has 0 atom stereocenters. The van der Waals surface area contributed by atoms with E-state index >= 15 is 0 Å².